The van der Waals surface area contributed by atoms with E-state index in [9.17, 15) is 9.59 Å². The maximum atomic E-state index is 12.4. The molecule has 1 unspecified atom stereocenters. The molecular formula is C20H30BrN3O3. The minimum Gasteiger partial charge on any atom is -0.449 e. The molecule has 1 fully saturated rings. The fourth-order valence-electron chi connectivity index (χ4n) is 2.97. The SMILES string of the molecule is CC(C)COC(=O)N1CCCN(CC(=O)NC(C)c2ccc(Br)cc2)CC1. The van der Waals surface area contributed by atoms with Crippen molar-refractivity contribution in [2.24, 2.45) is 5.92 Å². The Hall–Kier alpha value is -1.60. The number of benzene rings is 1. The Labute approximate surface area is 170 Å². The van der Waals surface area contributed by atoms with E-state index in [-0.39, 0.29) is 18.0 Å². The molecule has 1 aromatic carbocycles. The van der Waals surface area contributed by atoms with Gasteiger partial charge in [-0.3, -0.25) is 9.69 Å². The van der Waals surface area contributed by atoms with Crippen LogP contribution in [0.4, 0.5) is 4.79 Å². The number of hydrogen-bond donors (Lipinski definition) is 1. The van der Waals surface area contributed by atoms with Crippen molar-refractivity contribution in [2.45, 2.75) is 33.2 Å². The Morgan fingerprint density at radius 2 is 1.81 bits per heavy atom. The fourth-order valence-corrected chi connectivity index (χ4v) is 3.23. The van der Waals surface area contributed by atoms with Crippen LogP contribution in [0.15, 0.2) is 28.7 Å². The van der Waals surface area contributed by atoms with Crippen LogP contribution >= 0.6 is 15.9 Å². The Balaban J connectivity index is 1.77. The summed E-state index contributed by atoms with van der Waals surface area (Å²) in [5, 5.41) is 3.05. The standard InChI is InChI=1S/C20H30BrN3O3/c1-15(2)14-27-20(26)24-10-4-9-23(11-12-24)13-19(25)22-16(3)17-5-7-18(21)8-6-17/h5-8,15-16H,4,9-14H2,1-3H3,(H,22,25). The molecule has 0 radical (unpaired) electrons. The first-order valence-electron chi connectivity index (χ1n) is 9.54. The molecule has 1 aliphatic heterocycles. The first-order chi connectivity index (χ1) is 12.8. The molecule has 0 spiro atoms. The second-order valence-corrected chi connectivity index (χ2v) is 8.34. The Morgan fingerprint density at radius 1 is 1.11 bits per heavy atom. The molecule has 2 rings (SSSR count). The van der Waals surface area contributed by atoms with Gasteiger partial charge in [-0.15, -0.1) is 0 Å². The van der Waals surface area contributed by atoms with Gasteiger partial charge in [-0.05, 0) is 37.0 Å². The zero-order valence-corrected chi connectivity index (χ0v) is 18.0. The number of halogens is 1. The predicted molar refractivity (Wildman–Crippen MR) is 110 cm³/mol. The number of nitrogens with one attached hydrogen (secondary N) is 1. The van der Waals surface area contributed by atoms with Gasteiger partial charge in [-0.25, -0.2) is 4.79 Å². The minimum absolute atomic E-state index is 0.00116. The largest absolute Gasteiger partial charge is 0.449 e. The maximum absolute atomic E-state index is 12.4. The van der Waals surface area contributed by atoms with Gasteiger partial charge in [0.2, 0.25) is 5.91 Å². The summed E-state index contributed by atoms with van der Waals surface area (Å²) in [6.45, 7) is 9.54. The van der Waals surface area contributed by atoms with Gasteiger partial charge in [0, 0.05) is 30.7 Å². The Morgan fingerprint density at radius 3 is 2.48 bits per heavy atom. The van der Waals surface area contributed by atoms with Crippen LogP contribution in [0.2, 0.25) is 0 Å². The van der Waals surface area contributed by atoms with Crippen molar-refractivity contribution >= 4 is 27.9 Å². The average molecular weight is 440 g/mol. The van der Waals surface area contributed by atoms with Crippen LogP contribution < -0.4 is 5.32 Å². The van der Waals surface area contributed by atoms with Crippen molar-refractivity contribution in [1.82, 2.24) is 15.1 Å². The number of hydrogen-bond acceptors (Lipinski definition) is 4. The third-order valence-corrected chi connectivity index (χ3v) is 5.03. The second kappa shape index (κ2) is 10.7. The highest BCUT2D eigenvalue weighted by atomic mass is 79.9. The molecule has 0 aromatic heterocycles. The minimum atomic E-state index is -0.251. The lowest BCUT2D eigenvalue weighted by Crippen LogP contribution is -2.40. The number of ether oxygens (including phenoxy) is 1. The molecule has 27 heavy (non-hydrogen) atoms. The molecule has 7 heteroatoms. The van der Waals surface area contributed by atoms with Crippen molar-refractivity contribution in [3.8, 4) is 0 Å². The molecule has 1 aromatic rings. The highest BCUT2D eigenvalue weighted by Gasteiger charge is 2.22. The third kappa shape index (κ3) is 7.50. The summed E-state index contributed by atoms with van der Waals surface area (Å²) in [5.41, 5.74) is 1.07. The van der Waals surface area contributed by atoms with Crippen molar-refractivity contribution in [3.05, 3.63) is 34.3 Å². The first-order valence-corrected chi connectivity index (χ1v) is 10.3. The molecule has 1 saturated heterocycles. The number of rotatable bonds is 6. The normalized spacial score (nSPS) is 16.7. The van der Waals surface area contributed by atoms with Crippen molar-refractivity contribution in [1.29, 1.82) is 0 Å². The smallest absolute Gasteiger partial charge is 0.409 e. The van der Waals surface area contributed by atoms with E-state index >= 15 is 0 Å². The van der Waals surface area contributed by atoms with Crippen LogP contribution in [0.3, 0.4) is 0 Å². The molecular weight excluding hydrogens is 410 g/mol. The summed E-state index contributed by atoms with van der Waals surface area (Å²) in [7, 11) is 0. The molecule has 1 atom stereocenters. The van der Waals surface area contributed by atoms with E-state index in [4.69, 9.17) is 4.74 Å². The monoisotopic (exact) mass is 439 g/mol. The highest BCUT2D eigenvalue weighted by molar-refractivity contribution is 9.10. The van der Waals surface area contributed by atoms with E-state index in [0.717, 1.165) is 23.0 Å². The lowest BCUT2D eigenvalue weighted by atomic mass is 10.1. The molecule has 0 aliphatic carbocycles. The van der Waals surface area contributed by atoms with E-state index in [0.29, 0.717) is 38.7 Å². The van der Waals surface area contributed by atoms with E-state index in [2.05, 4.69) is 26.1 Å². The van der Waals surface area contributed by atoms with Gasteiger partial charge < -0.3 is 15.0 Å². The first kappa shape index (κ1) is 21.7. The Kier molecular flexibility index (Phi) is 8.57. The molecule has 1 aliphatic rings. The van der Waals surface area contributed by atoms with Crippen LogP contribution in [0.25, 0.3) is 0 Å². The molecule has 2 amide bonds. The van der Waals surface area contributed by atoms with Gasteiger partial charge in [-0.1, -0.05) is 41.9 Å². The van der Waals surface area contributed by atoms with Crippen molar-refractivity contribution < 1.29 is 14.3 Å². The zero-order valence-electron chi connectivity index (χ0n) is 16.4. The van der Waals surface area contributed by atoms with Crippen LogP contribution in [0.5, 0.6) is 0 Å². The van der Waals surface area contributed by atoms with Crippen LogP contribution in [-0.4, -0.2) is 61.1 Å². The zero-order chi connectivity index (χ0) is 19.8. The molecule has 1 N–H and O–H groups in total. The lowest BCUT2D eigenvalue weighted by Gasteiger charge is -2.22. The van der Waals surface area contributed by atoms with Crippen molar-refractivity contribution in [3.63, 3.8) is 0 Å². The summed E-state index contributed by atoms with van der Waals surface area (Å²) in [5.74, 6) is 0.329. The third-order valence-electron chi connectivity index (χ3n) is 4.50. The summed E-state index contributed by atoms with van der Waals surface area (Å²) < 4.78 is 6.33. The maximum Gasteiger partial charge on any atom is 0.409 e. The second-order valence-electron chi connectivity index (χ2n) is 7.43. The van der Waals surface area contributed by atoms with Gasteiger partial charge in [0.15, 0.2) is 0 Å². The molecule has 0 saturated carbocycles. The van der Waals surface area contributed by atoms with E-state index < -0.39 is 0 Å². The van der Waals surface area contributed by atoms with Gasteiger partial charge in [0.25, 0.3) is 0 Å². The van der Waals surface area contributed by atoms with Gasteiger partial charge >= 0.3 is 6.09 Å². The van der Waals surface area contributed by atoms with E-state index in [1.54, 1.807) is 4.90 Å². The van der Waals surface area contributed by atoms with Crippen LogP contribution in [0.1, 0.15) is 38.8 Å². The van der Waals surface area contributed by atoms with E-state index in [1.807, 2.05) is 45.0 Å². The van der Waals surface area contributed by atoms with Crippen molar-refractivity contribution in [2.75, 3.05) is 39.3 Å². The molecule has 6 nitrogen and oxygen atoms in total. The predicted octanol–water partition coefficient (Wildman–Crippen LogP) is 3.43. The van der Waals surface area contributed by atoms with Gasteiger partial charge in [0.05, 0.1) is 19.2 Å². The summed E-state index contributed by atoms with van der Waals surface area (Å²) in [4.78, 5) is 28.4. The average Bonchev–Trinajstić information content (AvgIpc) is 2.85. The molecule has 150 valence electrons. The van der Waals surface area contributed by atoms with Crippen LogP contribution in [0, 0.1) is 5.92 Å². The molecule has 0 bridgehead atoms. The summed E-state index contributed by atoms with van der Waals surface area (Å²) in [6, 6.07) is 7.91. The van der Waals surface area contributed by atoms with Gasteiger partial charge in [-0.2, -0.15) is 0 Å². The number of carbonyl (C=O) groups is 2. The number of amides is 2. The number of carbonyl (C=O) groups excluding carboxylic acids is 2. The summed E-state index contributed by atoms with van der Waals surface area (Å²) in [6.07, 6.45) is 0.589. The lowest BCUT2D eigenvalue weighted by molar-refractivity contribution is -0.122. The Bertz CT molecular complexity index is 621. The summed E-state index contributed by atoms with van der Waals surface area (Å²) >= 11 is 3.42. The molecule has 1 heterocycles. The highest BCUT2D eigenvalue weighted by Crippen LogP contribution is 2.16. The fraction of sp³-hybridized carbons (Fsp3) is 0.600. The van der Waals surface area contributed by atoms with Gasteiger partial charge in [0.1, 0.15) is 0 Å². The van der Waals surface area contributed by atoms with Crippen LogP contribution in [-0.2, 0) is 9.53 Å². The van der Waals surface area contributed by atoms with E-state index in [1.165, 1.54) is 0 Å². The topological polar surface area (TPSA) is 61.9 Å². The number of nitrogens with zero attached hydrogens (tertiary/aromatic N) is 2. The quantitative estimate of drug-likeness (QED) is 0.737.